The predicted molar refractivity (Wildman–Crippen MR) is 60.6 cm³/mol. The van der Waals surface area contributed by atoms with Crippen LogP contribution in [0.4, 0.5) is 10.2 Å². The van der Waals surface area contributed by atoms with Crippen LogP contribution in [0.2, 0.25) is 0 Å². The van der Waals surface area contributed by atoms with E-state index in [1.165, 1.54) is 6.33 Å². The maximum Gasteiger partial charge on any atom is 0.186 e. The molecule has 0 bridgehead atoms. The second-order valence-corrected chi connectivity index (χ2v) is 4.41. The normalized spacial score (nSPS) is 17.9. The van der Waals surface area contributed by atoms with E-state index in [-0.39, 0.29) is 17.2 Å². The lowest BCUT2D eigenvalue weighted by Gasteiger charge is -2.38. The summed E-state index contributed by atoms with van der Waals surface area (Å²) in [5.41, 5.74) is 6.31. The topological polar surface area (TPSA) is 63.8 Å². The standard InChI is InChI=1S/C11H17FN4/c1-2-8-9(12)10(16-7-15-8)14-6-11(13)4-3-5-11/h7H,2-6,13H2,1H3,(H,14,15,16). The maximum absolute atomic E-state index is 13.7. The summed E-state index contributed by atoms with van der Waals surface area (Å²) >= 11 is 0. The molecule has 0 spiro atoms. The molecule has 1 aliphatic rings. The van der Waals surface area contributed by atoms with Crippen molar-refractivity contribution in [2.24, 2.45) is 5.73 Å². The molecule has 0 aromatic carbocycles. The van der Waals surface area contributed by atoms with Gasteiger partial charge in [-0.15, -0.1) is 0 Å². The molecule has 88 valence electrons. The SMILES string of the molecule is CCc1ncnc(NCC2(N)CCC2)c1F. The molecule has 16 heavy (non-hydrogen) atoms. The molecule has 1 fully saturated rings. The molecule has 0 unspecified atom stereocenters. The van der Waals surface area contributed by atoms with Crippen molar-refractivity contribution in [1.82, 2.24) is 9.97 Å². The summed E-state index contributed by atoms with van der Waals surface area (Å²) in [6.45, 7) is 2.44. The van der Waals surface area contributed by atoms with Crippen molar-refractivity contribution in [2.45, 2.75) is 38.1 Å². The van der Waals surface area contributed by atoms with Crippen molar-refractivity contribution < 1.29 is 4.39 Å². The van der Waals surface area contributed by atoms with Gasteiger partial charge in [0.2, 0.25) is 0 Å². The van der Waals surface area contributed by atoms with Gasteiger partial charge in [-0.3, -0.25) is 0 Å². The highest BCUT2D eigenvalue weighted by Gasteiger charge is 2.32. The van der Waals surface area contributed by atoms with Crippen molar-refractivity contribution in [2.75, 3.05) is 11.9 Å². The first kappa shape index (κ1) is 11.3. The zero-order valence-electron chi connectivity index (χ0n) is 9.46. The average Bonchev–Trinajstić information content (AvgIpc) is 2.25. The zero-order chi connectivity index (χ0) is 11.6. The van der Waals surface area contributed by atoms with Crippen LogP contribution in [0.15, 0.2) is 6.33 Å². The molecule has 1 aromatic rings. The number of aryl methyl sites for hydroxylation is 1. The third kappa shape index (κ3) is 2.14. The molecule has 1 aromatic heterocycles. The molecule has 1 aliphatic carbocycles. The summed E-state index contributed by atoms with van der Waals surface area (Å²) in [5, 5.41) is 2.98. The van der Waals surface area contributed by atoms with Crippen LogP contribution >= 0.6 is 0 Å². The lowest BCUT2D eigenvalue weighted by Crippen LogP contribution is -2.52. The maximum atomic E-state index is 13.7. The summed E-state index contributed by atoms with van der Waals surface area (Å²) in [4.78, 5) is 7.77. The van der Waals surface area contributed by atoms with Crippen LogP contribution in [0.3, 0.4) is 0 Å². The molecule has 0 atom stereocenters. The number of halogens is 1. The van der Waals surface area contributed by atoms with E-state index in [2.05, 4.69) is 15.3 Å². The van der Waals surface area contributed by atoms with Gasteiger partial charge in [-0.05, 0) is 25.7 Å². The lowest BCUT2D eigenvalue weighted by molar-refractivity contribution is 0.265. The Bertz CT molecular complexity index is 376. The highest BCUT2D eigenvalue weighted by atomic mass is 19.1. The Morgan fingerprint density at radius 1 is 1.50 bits per heavy atom. The smallest absolute Gasteiger partial charge is 0.186 e. The van der Waals surface area contributed by atoms with Crippen LogP contribution < -0.4 is 11.1 Å². The first-order valence-electron chi connectivity index (χ1n) is 5.67. The number of nitrogens with two attached hydrogens (primary N) is 1. The number of rotatable bonds is 4. The quantitative estimate of drug-likeness (QED) is 0.813. The number of nitrogens with zero attached hydrogens (tertiary/aromatic N) is 2. The average molecular weight is 224 g/mol. The van der Waals surface area contributed by atoms with Gasteiger partial charge in [-0.25, -0.2) is 14.4 Å². The molecule has 1 saturated carbocycles. The molecule has 4 nitrogen and oxygen atoms in total. The number of aromatic nitrogens is 2. The monoisotopic (exact) mass is 224 g/mol. The van der Waals surface area contributed by atoms with Gasteiger partial charge >= 0.3 is 0 Å². The number of nitrogens with one attached hydrogen (secondary N) is 1. The van der Waals surface area contributed by atoms with E-state index in [4.69, 9.17) is 5.73 Å². The van der Waals surface area contributed by atoms with E-state index in [9.17, 15) is 4.39 Å². The summed E-state index contributed by atoms with van der Waals surface area (Å²) in [6.07, 6.45) is 5.09. The van der Waals surface area contributed by atoms with Crippen LogP contribution in [-0.4, -0.2) is 22.1 Å². The highest BCUT2D eigenvalue weighted by Crippen LogP contribution is 2.29. The zero-order valence-corrected chi connectivity index (χ0v) is 9.46. The molecule has 0 amide bonds. The third-order valence-corrected chi connectivity index (χ3v) is 3.15. The number of hydrogen-bond acceptors (Lipinski definition) is 4. The minimum atomic E-state index is -0.354. The van der Waals surface area contributed by atoms with Crippen LogP contribution in [0.25, 0.3) is 0 Å². The third-order valence-electron chi connectivity index (χ3n) is 3.15. The van der Waals surface area contributed by atoms with E-state index in [1.807, 2.05) is 6.92 Å². The molecule has 3 N–H and O–H groups in total. The Labute approximate surface area is 94.5 Å². The van der Waals surface area contributed by atoms with Crippen LogP contribution in [0.1, 0.15) is 31.9 Å². The molecule has 0 radical (unpaired) electrons. The Morgan fingerprint density at radius 3 is 2.81 bits per heavy atom. The molecule has 2 rings (SSSR count). The summed E-state index contributed by atoms with van der Waals surface area (Å²) < 4.78 is 13.7. The Morgan fingerprint density at radius 2 is 2.25 bits per heavy atom. The van der Waals surface area contributed by atoms with E-state index >= 15 is 0 Å². The van der Waals surface area contributed by atoms with E-state index in [1.54, 1.807) is 0 Å². The second kappa shape index (κ2) is 4.33. The van der Waals surface area contributed by atoms with E-state index in [0.29, 0.717) is 18.7 Å². The Hall–Kier alpha value is -1.23. The van der Waals surface area contributed by atoms with Crippen molar-refractivity contribution in [3.05, 3.63) is 17.8 Å². The molecular formula is C11H17FN4. The minimum absolute atomic E-state index is 0.177. The van der Waals surface area contributed by atoms with Crippen molar-refractivity contribution in [3.8, 4) is 0 Å². The van der Waals surface area contributed by atoms with Gasteiger partial charge in [0.05, 0.1) is 5.69 Å². The van der Waals surface area contributed by atoms with Gasteiger partial charge in [-0.2, -0.15) is 0 Å². The van der Waals surface area contributed by atoms with E-state index < -0.39 is 0 Å². The van der Waals surface area contributed by atoms with Gasteiger partial charge in [0.1, 0.15) is 6.33 Å². The fraction of sp³-hybridized carbons (Fsp3) is 0.636. The van der Waals surface area contributed by atoms with Crippen LogP contribution in [0, 0.1) is 5.82 Å². The van der Waals surface area contributed by atoms with Crippen molar-refractivity contribution in [3.63, 3.8) is 0 Å². The summed E-state index contributed by atoms with van der Waals surface area (Å²) in [5.74, 6) is -0.0866. The van der Waals surface area contributed by atoms with Crippen LogP contribution in [-0.2, 0) is 6.42 Å². The van der Waals surface area contributed by atoms with Crippen molar-refractivity contribution >= 4 is 5.82 Å². The first-order valence-corrected chi connectivity index (χ1v) is 5.67. The van der Waals surface area contributed by atoms with Crippen LogP contribution in [0.5, 0.6) is 0 Å². The van der Waals surface area contributed by atoms with Gasteiger partial charge in [0.25, 0.3) is 0 Å². The summed E-state index contributed by atoms with van der Waals surface area (Å²) in [7, 11) is 0. The predicted octanol–water partition coefficient (Wildman–Crippen LogP) is 1.47. The highest BCUT2D eigenvalue weighted by molar-refractivity contribution is 5.38. The van der Waals surface area contributed by atoms with Gasteiger partial charge in [0, 0.05) is 12.1 Å². The second-order valence-electron chi connectivity index (χ2n) is 4.41. The molecule has 0 aliphatic heterocycles. The Balaban J connectivity index is 2.03. The fourth-order valence-corrected chi connectivity index (χ4v) is 1.84. The molecule has 5 heteroatoms. The van der Waals surface area contributed by atoms with Gasteiger partial charge in [0.15, 0.2) is 11.6 Å². The minimum Gasteiger partial charge on any atom is -0.366 e. The molecule has 0 saturated heterocycles. The van der Waals surface area contributed by atoms with Crippen molar-refractivity contribution in [1.29, 1.82) is 0 Å². The summed E-state index contributed by atoms with van der Waals surface area (Å²) in [6, 6.07) is 0. The van der Waals surface area contributed by atoms with Gasteiger partial charge in [-0.1, -0.05) is 6.92 Å². The fourth-order valence-electron chi connectivity index (χ4n) is 1.84. The number of hydrogen-bond donors (Lipinski definition) is 2. The molecule has 1 heterocycles. The first-order chi connectivity index (χ1) is 7.64. The lowest BCUT2D eigenvalue weighted by atomic mass is 9.78. The van der Waals surface area contributed by atoms with Gasteiger partial charge < -0.3 is 11.1 Å². The molecular weight excluding hydrogens is 207 g/mol. The Kier molecular flexibility index (Phi) is 3.05. The van der Waals surface area contributed by atoms with E-state index in [0.717, 1.165) is 19.3 Å². The largest absolute Gasteiger partial charge is 0.366 e. The number of anilines is 1.